The zero-order chi connectivity index (χ0) is 17.5. The number of halogens is 1. The number of ketones is 1. The van der Waals surface area contributed by atoms with Crippen molar-refractivity contribution in [2.75, 3.05) is 5.32 Å². The fourth-order valence-electron chi connectivity index (χ4n) is 3.06. The summed E-state index contributed by atoms with van der Waals surface area (Å²) in [5.74, 6) is -1.74. The Labute approximate surface area is 144 Å². The molecule has 0 bridgehead atoms. The minimum atomic E-state index is -0.599. The number of aliphatic imine (C=N–C) groups is 1. The van der Waals surface area contributed by atoms with Crippen molar-refractivity contribution in [3.05, 3.63) is 40.9 Å². The van der Waals surface area contributed by atoms with Crippen LogP contribution in [0.2, 0.25) is 5.02 Å². The van der Waals surface area contributed by atoms with Gasteiger partial charge in [-0.05, 0) is 42.2 Å². The van der Waals surface area contributed by atoms with Crippen LogP contribution in [0.25, 0.3) is 0 Å². The van der Waals surface area contributed by atoms with E-state index in [9.17, 15) is 14.4 Å². The summed E-state index contributed by atoms with van der Waals surface area (Å²) in [7, 11) is 0. The van der Waals surface area contributed by atoms with Crippen LogP contribution in [0.4, 0.5) is 5.69 Å². The molecule has 1 aromatic carbocycles. The fourth-order valence-corrected chi connectivity index (χ4v) is 3.19. The zero-order valence-corrected chi connectivity index (χ0v) is 14.2. The molecule has 0 saturated heterocycles. The summed E-state index contributed by atoms with van der Waals surface area (Å²) in [6.07, 6.45) is 2.44. The number of carbonyl (C=O) groups is 3. The highest BCUT2D eigenvalue weighted by molar-refractivity contribution is 6.31. The average Bonchev–Trinajstić information content (AvgIpc) is 2.47. The number of anilines is 1. The normalized spacial score (nSPS) is 22.4. The summed E-state index contributed by atoms with van der Waals surface area (Å²) in [4.78, 5) is 40.9. The number of Topliss-reactive ketones (excluding diaryl/α,β-unsaturated/α-hetero) is 1. The summed E-state index contributed by atoms with van der Waals surface area (Å²) < 4.78 is 0. The average molecular weight is 345 g/mol. The number of amides is 2. The summed E-state index contributed by atoms with van der Waals surface area (Å²) in [6.45, 7) is 3.95. The second kappa shape index (κ2) is 5.98. The smallest absolute Gasteiger partial charge is 0.282 e. The van der Waals surface area contributed by atoms with Crippen LogP contribution in [0.1, 0.15) is 26.7 Å². The topological polar surface area (TPSA) is 75.6 Å². The molecule has 1 unspecified atom stereocenters. The quantitative estimate of drug-likeness (QED) is 0.837. The van der Waals surface area contributed by atoms with Gasteiger partial charge in [-0.25, -0.2) is 4.99 Å². The maximum absolute atomic E-state index is 12.4. The predicted molar refractivity (Wildman–Crippen MR) is 92.1 cm³/mol. The molecule has 1 N–H and O–H groups in total. The lowest BCUT2D eigenvalue weighted by atomic mass is 9.70. The highest BCUT2D eigenvalue weighted by Gasteiger charge is 2.40. The predicted octanol–water partition coefficient (Wildman–Crippen LogP) is 3.19. The van der Waals surface area contributed by atoms with E-state index < -0.39 is 17.7 Å². The van der Waals surface area contributed by atoms with Gasteiger partial charge in [0.15, 0.2) is 0 Å². The van der Waals surface area contributed by atoms with Gasteiger partial charge in [0.2, 0.25) is 0 Å². The second-order valence-corrected chi connectivity index (χ2v) is 7.35. The molecular formula is C18H17ClN2O3. The second-order valence-electron chi connectivity index (χ2n) is 6.91. The number of hydrogen-bond donors (Lipinski definition) is 1. The molecule has 2 amide bonds. The molecule has 6 heteroatoms. The first-order valence-electron chi connectivity index (χ1n) is 7.68. The maximum atomic E-state index is 12.4. The molecule has 1 aliphatic heterocycles. The molecule has 1 aliphatic carbocycles. The van der Waals surface area contributed by atoms with Gasteiger partial charge in [-0.2, -0.15) is 0 Å². The Morgan fingerprint density at radius 1 is 1.21 bits per heavy atom. The van der Waals surface area contributed by atoms with Crippen molar-refractivity contribution >= 4 is 40.6 Å². The van der Waals surface area contributed by atoms with Crippen LogP contribution >= 0.6 is 11.6 Å². The maximum Gasteiger partial charge on any atom is 0.282 e. The van der Waals surface area contributed by atoms with Gasteiger partial charge in [-0.3, -0.25) is 14.4 Å². The van der Waals surface area contributed by atoms with Gasteiger partial charge in [0.25, 0.3) is 11.8 Å². The Kier molecular flexibility index (Phi) is 4.13. The number of nitrogens with one attached hydrogen (secondary N) is 1. The van der Waals surface area contributed by atoms with E-state index in [2.05, 4.69) is 10.3 Å². The fraction of sp³-hybridized carbons (Fsp3) is 0.333. The van der Waals surface area contributed by atoms with Gasteiger partial charge < -0.3 is 5.32 Å². The molecular weight excluding hydrogens is 328 g/mol. The molecule has 0 aromatic heterocycles. The summed E-state index contributed by atoms with van der Waals surface area (Å²) >= 11 is 5.80. The van der Waals surface area contributed by atoms with Crippen LogP contribution in [0.15, 0.2) is 40.9 Å². The van der Waals surface area contributed by atoms with Crippen molar-refractivity contribution in [3.8, 4) is 0 Å². The van der Waals surface area contributed by atoms with E-state index in [1.165, 1.54) is 6.08 Å². The molecule has 124 valence electrons. The van der Waals surface area contributed by atoms with E-state index in [4.69, 9.17) is 11.6 Å². The molecule has 2 aliphatic rings. The minimum Gasteiger partial charge on any atom is -0.322 e. The first-order valence-corrected chi connectivity index (χ1v) is 8.06. The molecule has 1 fully saturated rings. The monoisotopic (exact) mass is 344 g/mol. The zero-order valence-electron chi connectivity index (χ0n) is 13.4. The van der Waals surface area contributed by atoms with Crippen LogP contribution in [0.3, 0.4) is 0 Å². The molecule has 3 rings (SSSR count). The van der Waals surface area contributed by atoms with Crippen molar-refractivity contribution in [2.45, 2.75) is 26.7 Å². The van der Waals surface area contributed by atoms with E-state index in [-0.39, 0.29) is 16.8 Å². The van der Waals surface area contributed by atoms with Crippen LogP contribution < -0.4 is 5.32 Å². The number of nitrogens with zero attached hydrogens (tertiary/aromatic N) is 1. The van der Waals surface area contributed by atoms with Crippen molar-refractivity contribution in [2.24, 2.45) is 16.3 Å². The van der Waals surface area contributed by atoms with Gasteiger partial charge in [-0.1, -0.05) is 25.4 Å². The van der Waals surface area contributed by atoms with E-state index in [1.54, 1.807) is 24.3 Å². The SMILES string of the molecule is CC1(C)CC(=O)C2C=C(C(=O)Nc3ccc(Cl)cc3)C(=O)N=C2C1. The Bertz CT molecular complexity index is 791. The molecule has 0 spiro atoms. The lowest BCUT2D eigenvalue weighted by Gasteiger charge is -2.34. The third-order valence-corrected chi connectivity index (χ3v) is 4.43. The van der Waals surface area contributed by atoms with Crippen LogP contribution in [-0.4, -0.2) is 23.3 Å². The van der Waals surface area contributed by atoms with E-state index >= 15 is 0 Å². The first kappa shape index (κ1) is 16.6. The lowest BCUT2D eigenvalue weighted by Crippen LogP contribution is -2.40. The van der Waals surface area contributed by atoms with Crippen LogP contribution in [0.5, 0.6) is 0 Å². The third-order valence-electron chi connectivity index (χ3n) is 4.17. The summed E-state index contributed by atoms with van der Waals surface area (Å²) in [5, 5.41) is 3.18. The van der Waals surface area contributed by atoms with Gasteiger partial charge in [0, 0.05) is 22.8 Å². The number of allylic oxidation sites excluding steroid dienone is 1. The van der Waals surface area contributed by atoms with Crippen molar-refractivity contribution in [3.63, 3.8) is 0 Å². The van der Waals surface area contributed by atoms with Gasteiger partial charge in [0.05, 0.1) is 5.92 Å². The van der Waals surface area contributed by atoms with E-state index in [1.807, 2.05) is 13.8 Å². The molecule has 24 heavy (non-hydrogen) atoms. The highest BCUT2D eigenvalue weighted by atomic mass is 35.5. The molecule has 1 saturated carbocycles. The van der Waals surface area contributed by atoms with Crippen LogP contribution in [-0.2, 0) is 14.4 Å². The highest BCUT2D eigenvalue weighted by Crippen LogP contribution is 2.37. The lowest BCUT2D eigenvalue weighted by molar-refractivity contribution is -0.122. The van der Waals surface area contributed by atoms with E-state index in [0.717, 1.165) is 0 Å². The third kappa shape index (κ3) is 3.31. The number of benzene rings is 1. The number of hydrogen-bond acceptors (Lipinski definition) is 3. The molecule has 1 atom stereocenters. The largest absolute Gasteiger partial charge is 0.322 e. The van der Waals surface area contributed by atoms with Gasteiger partial charge in [-0.15, -0.1) is 0 Å². The Hall–Kier alpha value is -2.27. The molecule has 1 aromatic rings. The van der Waals surface area contributed by atoms with Crippen molar-refractivity contribution in [1.29, 1.82) is 0 Å². The van der Waals surface area contributed by atoms with Crippen molar-refractivity contribution in [1.82, 2.24) is 0 Å². The van der Waals surface area contributed by atoms with Crippen LogP contribution in [0, 0.1) is 11.3 Å². The number of carbonyl (C=O) groups excluding carboxylic acids is 3. The van der Waals surface area contributed by atoms with Gasteiger partial charge in [0.1, 0.15) is 11.4 Å². The number of dihydropyridines is 1. The summed E-state index contributed by atoms with van der Waals surface area (Å²) in [6, 6.07) is 6.54. The Morgan fingerprint density at radius 2 is 1.88 bits per heavy atom. The molecule has 5 nitrogen and oxygen atoms in total. The van der Waals surface area contributed by atoms with Crippen molar-refractivity contribution < 1.29 is 14.4 Å². The molecule has 0 radical (unpaired) electrons. The molecule has 1 heterocycles. The number of fused-ring (bicyclic) bond motifs is 1. The number of rotatable bonds is 2. The van der Waals surface area contributed by atoms with Gasteiger partial charge >= 0.3 is 0 Å². The first-order chi connectivity index (χ1) is 11.2. The standard InChI is InChI=1S/C18H17ClN2O3/c1-18(2)8-14-12(15(22)9-18)7-13(17(24)21-14)16(23)20-11-5-3-10(19)4-6-11/h3-7,12H,8-9H2,1-2H3,(H,20,23). The minimum absolute atomic E-state index is 0.00528. The Balaban J connectivity index is 1.82. The van der Waals surface area contributed by atoms with E-state index in [0.29, 0.717) is 29.3 Å². The Morgan fingerprint density at radius 3 is 2.54 bits per heavy atom. The summed E-state index contributed by atoms with van der Waals surface area (Å²) in [5.41, 5.74) is 0.781.